The molecule has 0 spiro atoms. The van der Waals surface area contributed by atoms with Crippen molar-refractivity contribution in [3.05, 3.63) is 0 Å². The normalized spacial score (nSPS) is 28.3. The van der Waals surface area contributed by atoms with Crippen molar-refractivity contribution in [2.75, 3.05) is 13.4 Å². The van der Waals surface area contributed by atoms with E-state index in [1.54, 1.807) is 0 Å². The van der Waals surface area contributed by atoms with E-state index in [1.165, 1.54) is 0 Å². The third-order valence-electron chi connectivity index (χ3n) is 1.39. The molecule has 1 aliphatic heterocycles. The zero-order valence-electron chi connectivity index (χ0n) is 5.34. The molecule has 9 heavy (non-hydrogen) atoms. The van der Waals surface area contributed by atoms with Crippen molar-refractivity contribution >= 4 is 0 Å². The van der Waals surface area contributed by atoms with Gasteiger partial charge in [-0.15, -0.1) is 0 Å². The average molecular weight is 131 g/mol. The van der Waals surface area contributed by atoms with Crippen LogP contribution in [0.1, 0.15) is 19.3 Å². The maximum atomic E-state index is 9.90. The molecule has 1 unspecified atom stereocenters. The molecule has 0 aromatic rings. The minimum atomic E-state index is -0.481. The lowest BCUT2D eigenvalue weighted by Crippen LogP contribution is -2.22. The molecule has 0 saturated carbocycles. The first kappa shape index (κ1) is 6.99. The molecule has 3 heteroatoms. The molecule has 1 aliphatic rings. The van der Waals surface area contributed by atoms with E-state index in [9.17, 15) is 5.11 Å². The Morgan fingerprint density at radius 3 is 3.00 bits per heavy atom. The van der Waals surface area contributed by atoms with Crippen LogP contribution in [-0.2, 0) is 14.6 Å². The number of ether oxygens (including phenoxy) is 2. The monoisotopic (exact) mass is 131 g/mol. The summed E-state index contributed by atoms with van der Waals surface area (Å²) in [5.41, 5.74) is 0. The predicted octanol–water partition coefficient (Wildman–Crippen LogP) is 0.918. The summed E-state index contributed by atoms with van der Waals surface area (Å²) in [7, 11) is 0. The van der Waals surface area contributed by atoms with Crippen molar-refractivity contribution in [3.8, 4) is 0 Å². The summed E-state index contributed by atoms with van der Waals surface area (Å²) in [6.07, 6.45) is 2.88. The lowest BCUT2D eigenvalue weighted by molar-refractivity contribution is -0.209. The van der Waals surface area contributed by atoms with Crippen LogP contribution in [0.25, 0.3) is 0 Å². The van der Waals surface area contributed by atoms with Crippen LogP contribution >= 0.6 is 0 Å². The van der Waals surface area contributed by atoms with Gasteiger partial charge in [0.05, 0.1) is 0 Å². The lowest BCUT2D eigenvalue weighted by Gasteiger charge is -2.20. The molecule has 0 aliphatic carbocycles. The minimum Gasteiger partial charge on any atom is -0.353 e. The highest BCUT2D eigenvalue weighted by molar-refractivity contribution is 4.52. The van der Waals surface area contributed by atoms with Crippen LogP contribution in [0.15, 0.2) is 0 Å². The van der Waals surface area contributed by atoms with Gasteiger partial charge in [0.1, 0.15) is 0 Å². The highest BCUT2D eigenvalue weighted by Crippen LogP contribution is 2.12. The van der Waals surface area contributed by atoms with Gasteiger partial charge in [-0.2, -0.15) is 0 Å². The van der Waals surface area contributed by atoms with Crippen molar-refractivity contribution < 1.29 is 14.6 Å². The van der Waals surface area contributed by atoms with Crippen molar-refractivity contribution in [2.45, 2.75) is 25.6 Å². The van der Waals surface area contributed by atoms with E-state index in [1.807, 2.05) is 0 Å². The Labute approximate surface area is 54.6 Å². The van der Waals surface area contributed by atoms with Crippen LogP contribution in [0.5, 0.6) is 0 Å². The van der Waals surface area contributed by atoms with Gasteiger partial charge in [0.2, 0.25) is 0 Å². The number of hydrogen-bond donors (Lipinski definition) is 0. The van der Waals surface area contributed by atoms with Gasteiger partial charge < -0.3 is 9.47 Å². The summed E-state index contributed by atoms with van der Waals surface area (Å²) in [6, 6.07) is 0. The number of hydrogen-bond acceptors (Lipinski definition) is 2. The molecule has 0 aromatic carbocycles. The van der Waals surface area contributed by atoms with E-state index >= 15 is 0 Å². The fourth-order valence-corrected chi connectivity index (χ4v) is 0.919. The quantitative estimate of drug-likeness (QED) is 0.522. The first-order valence-corrected chi connectivity index (χ1v) is 3.25. The van der Waals surface area contributed by atoms with Gasteiger partial charge in [0.15, 0.2) is 13.1 Å². The molecule has 1 radical (unpaired) electrons. The summed E-state index contributed by atoms with van der Waals surface area (Å²) < 4.78 is 9.80. The molecular formula is C6H11O3. The van der Waals surface area contributed by atoms with E-state index in [0.717, 1.165) is 25.9 Å². The second kappa shape index (κ2) is 3.82. The molecule has 0 amide bonds. The van der Waals surface area contributed by atoms with Crippen LogP contribution < -0.4 is 0 Å². The van der Waals surface area contributed by atoms with E-state index in [0.29, 0.717) is 0 Å². The van der Waals surface area contributed by atoms with Crippen molar-refractivity contribution in [2.24, 2.45) is 0 Å². The van der Waals surface area contributed by atoms with E-state index in [-0.39, 0.29) is 6.29 Å². The fourth-order valence-electron chi connectivity index (χ4n) is 0.919. The minimum absolute atomic E-state index is 0.212. The van der Waals surface area contributed by atoms with Crippen LogP contribution in [-0.4, -0.2) is 19.7 Å². The second-order valence-corrected chi connectivity index (χ2v) is 2.08. The predicted molar refractivity (Wildman–Crippen MR) is 30.2 cm³/mol. The first-order valence-electron chi connectivity index (χ1n) is 3.25. The Balaban J connectivity index is 2.08. The highest BCUT2D eigenvalue weighted by Gasteiger charge is 2.12. The van der Waals surface area contributed by atoms with Crippen molar-refractivity contribution in [1.29, 1.82) is 0 Å². The first-order chi connectivity index (χ1) is 4.43. The molecule has 1 fully saturated rings. The summed E-state index contributed by atoms with van der Waals surface area (Å²) in [4.78, 5) is 0. The maximum absolute atomic E-state index is 9.90. The lowest BCUT2D eigenvalue weighted by atomic mass is 10.2. The largest absolute Gasteiger partial charge is 0.353 e. The highest BCUT2D eigenvalue weighted by atomic mass is 16.7. The Bertz CT molecular complexity index is 65.9. The van der Waals surface area contributed by atoms with Crippen LogP contribution in [0.4, 0.5) is 0 Å². The standard InChI is InChI=1S/C6H11O3/c7-5-9-6-3-1-2-4-8-6/h6H,1-5H2. The third-order valence-corrected chi connectivity index (χ3v) is 1.39. The van der Waals surface area contributed by atoms with Crippen molar-refractivity contribution in [3.63, 3.8) is 0 Å². The Morgan fingerprint density at radius 2 is 2.44 bits per heavy atom. The van der Waals surface area contributed by atoms with Crippen LogP contribution in [0.2, 0.25) is 0 Å². The summed E-state index contributed by atoms with van der Waals surface area (Å²) in [5.74, 6) is 0. The molecule has 1 saturated heterocycles. The van der Waals surface area contributed by atoms with E-state index in [4.69, 9.17) is 9.47 Å². The summed E-state index contributed by atoms with van der Waals surface area (Å²) >= 11 is 0. The SMILES string of the molecule is [O]COC1CCCCO1. The Hall–Kier alpha value is -0.120. The molecule has 0 bridgehead atoms. The van der Waals surface area contributed by atoms with Crippen LogP contribution in [0.3, 0.4) is 0 Å². The van der Waals surface area contributed by atoms with Gasteiger partial charge in [-0.3, -0.25) is 0 Å². The molecule has 0 N–H and O–H groups in total. The molecule has 53 valence electrons. The van der Waals surface area contributed by atoms with E-state index < -0.39 is 6.79 Å². The fraction of sp³-hybridized carbons (Fsp3) is 1.00. The molecule has 3 nitrogen and oxygen atoms in total. The molecule has 1 atom stereocenters. The maximum Gasteiger partial charge on any atom is 0.184 e. The van der Waals surface area contributed by atoms with Gasteiger partial charge in [-0.1, -0.05) is 0 Å². The summed E-state index contributed by atoms with van der Waals surface area (Å²) in [6.45, 7) is 0.259. The molecule has 1 heterocycles. The topological polar surface area (TPSA) is 38.4 Å². The Morgan fingerprint density at radius 1 is 1.56 bits per heavy atom. The zero-order valence-corrected chi connectivity index (χ0v) is 5.34. The number of rotatable bonds is 2. The zero-order chi connectivity index (χ0) is 6.53. The smallest absolute Gasteiger partial charge is 0.184 e. The second-order valence-electron chi connectivity index (χ2n) is 2.08. The Kier molecular flexibility index (Phi) is 2.97. The summed E-state index contributed by atoms with van der Waals surface area (Å²) in [5, 5.41) is 9.90. The molecule has 0 aromatic heterocycles. The van der Waals surface area contributed by atoms with E-state index in [2.05, 4.69) is 0 Å². The van der Waals surface area contributed by atoms with Crippen molar-refractivity contribution in [1.82, 2.24) is 0 Å². The third kappa shape index (κ3) is 2.30. The van der Waals surface area contributed by atoms with Gasteiger partial charge in [0.25, 0.3) is 0 Å². The van der Waals surface area contributed by atoms with Gasteiger partial charge in [0, 0.05) is 6.61 Å². The van der Waals surface area contributed by atoms with Gasteiger partial charge in [-0.25, -0.2) is 5.11 Å². The van der Waals surface area contributed by atoms with Crippen LogP contribution in [0, 0.1) is 0 Å². The van der Waals surface area contributed by atoms with Gasteiger partial charge in [-0.05, 0) is 19.3 Å². The van der Waals surface area contributed by atoms with Gasteiger partial charge >= 0.3 is 0 Å². The molecular weight excluding hydrogens is 120 g/mol. The molecule has 1 rings (SSSR count). The average Bonchev–Trinajstić information content (AvgIpc) is 1.91.